The van der Waals surface area contributed by atoms with Gasteiger partial charge in [0.15, 0.2) is 5.60 Å². The first-order valence-corrected chi connectivity index (χ1v) is 5.68. The van der Waals surface area contributed by atoms with E-state index < -0.39 is 11.6 Å². The average Bonchev–Trinajstić information content (AvgIpc) is 2.38. The summed E-state index contributed by atoms with van der Waals surface area (Å²) < 4.78 is 0. The van der Waals surface area contributed by atoms with E-state index in [-0.39, 0.29) is 23.7 Å². The van der Waals surface area contributed by atoms with Gasteiger partial charge in [-0.3, -0.25) is 0 Å². The molecule has 0 radical (unpaired) electrons. The molecule has 0 spiro atoms. The highest BCUT2D eigenvalue weighted by Gasteiger charge is 2.51. The molecule has 1 rings (SSSR count). The van der Waals surface area contributed by atoms with Gasteiger partial charge in [-0.15, -0.1) is 0 Å². The average molecular weight is 214 g/mol. The predicted molar refractivity (Wildman–Crippen MR) is 58.5 cm³/mol. The minimum atomic E-state index is -1.53. The van der Waals surface area contributed by atoms with Crippen molar-refractivity contribution in [1.82, 2.24) is 0 Å². The lowest BCUT2D eigenvalue weighted by Gasteiger charge is -2.32. The first-order valence-electron chi connectivity index (χ1n) is 5.68. The Kier molecular flexibility index (Phi) is 3.15. The number of carboxylic acid groups (broad SMARTS) is 1. The summed E-state index contributed by atoms with van der Waals surface area (Å²) in [5.74, 6) is -0.907. The minimum Gasteiger partial charge on any atom is -0.479 e. The van der Waals surface area contributed by atoms with Gasteiger partial charge in [0.2, 0.25) is 0 Å². The van der Waals surface area contributed by atoms with Crippen LogP contribution < -0.4 is 0 Å². The molecule has 3 heteroatoms. The van der Waals surface area contributed by atoms with E-state index in [1.165, 1.54) is 0 Å². The zero-order valence-corrected chi connectivity index (χ0v) is 10.1. The van der Waals surface area contributed by atoms with Crippen LogP contribution in [-0.2, 0) is 4.79 Å². The summed E-state index contributed by atoms with van der Waals surface area (Å²) in [6.07, 6.45) is 2.07. The minimum absolute atomic E-state index is 0.116. The van der Waals surface area contributed by atoms with Gasteiger partial charge >= 0.3 is 5.97 Å². The van der Waals surface area contributed by atoms with E-state index in [4.69, 9.17) is 5.11 Å². The Balaban J connectivity index is 2.92. The van der Waals surface area contributed by atoms with Crippen molar-refractivity contribution in [2.24, 2.45) is 17.3 Å². The molecule has 0 aliphatic heterocycles. The Hall–Kier alpha value is -0.570. The Morgan fingerprint density at radius 3 is 2.27 bits per heavy atom. The fourth-order valence-corrected chi connectivity index (χ4v) is 3.11. The number of hydrogen-bond acceptors (Lipinski definition) is 2. The van der Waals surface area contributed by atoms with Crippen molar-refractivity contribution in [3.8, 4) is 0 Å². The molecule has 0 heterocycles. The molecule has 0 amide bonds. The number of hydrogen-bond donors (Lipinski definition) is 2. The molecule has 88 valence electrons. The van der Waals surface area contributed by atoms with Crippen molar-refractivity contribution in [3.63, 3.8) is 0 Å². The molecule has 3 nitrogen and oxygen atoms in total. The first kappa shape index (κ1) is 12.5. The summed E-state index contributed by atoms with van der Waals surface area (Å²) in [5.41, 5.74) is -1.38. The third-order valence-electron chi connectivity index (χ3n) is 3.86. The van der Waals surface area contributed by atoms with Gasteiger partial charge in [0.25, 0.3) is 0 Å². The van der Waals surface area contributed by atoms with E-state index in [1.807, 2.05) is 6.92 Å². The molecular formula is C12H22O3. The van der Waals surface area contributed by atoms with Crippen molar-refractivity contribution < 1.29 is 15.0 Å². The molecule has 1 aliphatic rings. The van der Waals surface area contributed by atoms with Crippen molar-refractivity contribution in [2.75, 3.05) is 0 Å². The second-order valence-electron chi connectivity index (χ2n) is 5.74. The lowest BCUT2D eigenvalue weighted by atomic mass is 9.78. The molecular weight excluding hydrogens is 192 g/mol. The summed E-state index contributed by atoms with van der Waals surface area (Å²) in [6.45, 7) is 8.07. The fraction of sp³-hybridized carbons (Fsp3) is 0.917. The molecule has 2 N–H and O–H groups in total. The van der Waals surface area contributed by atoms with Crippen LogP contribution in [0.4, 0.5) is 0 Å². The maximum absolute atomic E-state index is 11.1. The number of rotatable bonds is 3. The highest BCUT2D eigenvalue weighted by Crippen LogP contribution is 2.49. The number of carbonyl (C=O) groups is 1. The second-order valence-corrected chi connectivity index (χ2v) is 5.74. The van der Waals surface area contributed by atoms with Crippen molar-refractivity contribution in [1.29, 1.82) is 0 Å². The van der Waals surface area contributed by atoms with Gasteiger partial charge in [-0.1, -0.05) is 27.7 Å². The van der Waals surface area contributed by atoms with Gasteiger partial charge in [-0.2, -0.15) is 0 Å². The highest BCUT2D eigenvalue weighted by molar-refractivity contribution is 5.77. The summed E-state index contributed by atoms with van der Waals surface area (Å²) in [6, 6.07) is 0. The van der Waals surface area contributed by atoms with E-state index in [0.717, 1.165) is 12.8 Å². The molecule has 0 aromatic carbocycles. The van der Waals surface area contributed by atoms with Crippen LogP contribution in [0, 0.1) is 17.3 Å². The smallest absolute Gasteiger partial charge is 0.335 e. The van der Waals surface area contributed by atoms with Gasteiger partial charge in [0, 0.05) is 5.92 Å². The monoisotopic (exact) mass is 214 g/mol. The van der Waals surface area contributed by atoms with Crippen LogP contribution in [0.5, 0.6) is 0 Å². The molecule has 1 fully saturated rings. The van der Waals surface area contributed by atoms with Crippen LogP contribution in [0.3, 0.4) is 0 Å². The van der Waals surface area contributed by atoms with E-state index >= 15 is 0 Å². The fourth-order valence-electron chi connectivity index (χ4n) is 3.11. The Labute approximate surface area is 91.5 Å². The van der Waals surface area contributed by atoms with Crippen molar-refractivity contribution >= 4 is 5.97 Å². The predicted octanol–water partition coefficient (Wildman–Crippen LogP) is 2.28. The molecule has 1 aliphatic carbocycles. The highest BCUT2D eigenvalue weighted by atomic mass is 16.4. The van der Waals surface area contributed by atoms with Gasteiger partial charge in [0.05, 0.1) is 0 Å². The van der Waals surface area contributed by atoms with Crippen LogP contribution >= 0.6 is 0 Å². The lowest BCUT2D eigenvalue weighted by Crippen LogP contribution is -2.46. The maximum atomic E-state index is 11.1. The molecule has 0 aromatic rings. The van der Waals surface area contributed by atoms with E-state index in [0.29, 0.717) is 0 Å². The topological polar surface area (TPSA) is 57.5 Å². The normalized spacial score (nSPS) is 33.7. The SMILES string of the molecule is CCC(O)(C(=O)O)C1CC(C)(C)CC1C. The van der Waals surface area contributed by atoms with Crippen LogP contribution in [0.25, 0.3) is 0 Å². The summed E-state index contributed by atoms with van der Waals surface area (Å²) in [5, 5.41) is 19.3. The van der Waals surface area contributed by atoms with Crippen LogP contribution in [0.15, 0.2) is 0 Å². The zero-order valence-electron chi connectivity index (χ0n) is 10.1. The van der Waals surface area contributed by atoms with Crippen LogP contribution in [0.1, 0.15) is 47.0 Å². The number of carboxylic acids is 1. The maximum Gasteiger partial charge on any atom is 0.335 e. The number of aliphatic hydroxyl groups is 1. The van der Waals surface area contributed by atoms with Gasteiger partial charge in [-0.05, 0) is 30.6 Å². The molecule has 0 bridgehead atoms. The molecule has 1 saturated carbocycles. The third kappa shape index (κ3) is 2.17. The van der Waals surface area contributed by atoms with Crippen LogP contribution in [-0.4, -0.2) is 21.8 Å². The lowest BCUT2D eigenvalue weighted by molar-refractivity contribution is -0.167. The van der Waals surface area contributed by atoms with Crippen molar-refractivity contribution in [3.05, 3.63) is 0 Å². The van der Waals surface area contributed by atoms with Gasteiger partial charge < -0.3 is 10.2 Å². The Morgan fingerprint density at radius 1 is 1.47 bits per heavy atom. The van der Waals surface area contributed by atoms with E-state index in [2.05, 4.69) is 13.8 Å². The third-order valence-corrected chi connectivity index (χ3v) is 3.86. The zero-order chi connectivity index (χ0) is 11.9. The van der Waals surface area contributed by atoms with Crippen LogP contribution in [0.2, 0.25) is 0 Å². The molecule has 3 unspecified atom stereocenters. The standard InChI is InChI=1S/C12H22O3/c1-5-12(15,10(13)14)9-7-11(3,4)6-8(9)2/h8-9,15H,5-7H2,1-4H3,(H,13,14). The molecule has 3 atom stereocenters. The molecule has 0 aromatic heterocycles. The largest absolute Gasteiger partial charge is 0.479 e. The molecule has 0 saturated heterocycles. The Bertz CT molecular complexity index is 260. The van der Waals surface area contributed by atoms with Gasteiger partial charge in [0.1, 0.15) is 0 Å². The quantitative estimate of drug-likeness (QED) is 0.757. The van der Waals surface area contributed by atoms with Crippen molar-refractivity contribution in [2.45, 2.75) is 52.6 Å². The van der Waals surface area contributed by atoms with E-state index in [1.54, 1.807) is 6.92 Å². The molecule has 15 heavy (non-hydrogen) atoms. The van der Waals surface area contributed by atoms with E-state index in [9.17, 15) is 9.90 Å². The number of aliphatic carboxylic acids is 1. The second kappa shape index (κ2) is 3.78. The summed E-state index contributed by atoms with van der Waals surface area (Å²) >= 11 is 0. The first-order chi connectivity index (χ1) is 6.73. The van der Waals surface area contributed by atoms with Gasteiger partial charge in [-0.25, -0.2) is 4.79 Å². The summed E-state index contributed by atoms with van der Waals surface area (Å²) in [7, 11) is 0. The summed E-state index contributed by atoms with van der Waals surface area (Å²) in [4.78, 5) is 11.1. The Morgan fingerprint density at radius 2 is 2.00 bits per heavy atom.